The molecule has 0 saturated carbocycles. The molecule has 2 heterocycles. The number of aryl methyl sites for hydroxylation is 1. The summed E-state index contributed by atoms with van der Waals surface area (Å²) in [5.41, 5.74) is 7.77. The highest BCUT2D eigenvalue weighted by Gasteiger charge is 2.12. The van der Waals surface area contributed by atoms with Crippen LogP contribution in [-0.2, 0) is 0 Å². The van der Waals surface area contributed by atoms with E-state index in [-0.39, 0.29) is 18.1 Å². The molecule has 0 aliphatic carbocycles. The monoisotopic (exact) mass is 266 g/mol. The standard InChI is InChI=1S/C15H14N4O/c1-11-10-17-9-6-13(11)19-15(20)14-12(4-2-7-16)5-3-8-18-14/h3,5-6,8-10H,7,16H2,1H3,(H,17,19,20). The Morgan fingerprint density at radius 3 is 3.00 bits per heavy atom. The van der Waals surface area contributed by atoms with Gasteiger partial charge in [-0.05, 0) is 30.7 Å². The molecule has 2 rings (SSSR count). The van der Waals surface area contributed by atoms with Crippen molar-refractivity contribution in [3.63, 3.8) is 0 Å². The van der Waals surface area contributed by atoms with Crippen molar-refractivity contribution in [3.05, 3.63) is 53.6 Å². The van der Waals surface area contributed by atoms with Crippen LogP contribution in [0.25, 0.3) is 0 Å². The summed E-state index contributed by atoms with van der Waals surface area (Å²) < 4.78 is 0. The molecule has 0 fully saturated rings. The van der Waals surface area contributed by atoms with E-state index in [4.69, 9.17) is 5.73 Å². The van der Waals surface area contributed by atoms with Gasteiger partial charge in [0.15, 0.2) is 0 Å². The van der Waals surface area contributed by atoms with Gasteiger partial charge in [0, 0.05) is 24.3 Å². The first kappa shape index (κ1) is 13.7. The minimum Gasteiger partial charge on any atom is -0.320 e. The fraction of sp³-hybridized carbons (Fsp3) is 0.133. The zero-order chi connectivity index (χ0) is 14.4. The van der Waals surface area contributed by atoms with Gasteiger partial charge in [0.1, 0.15) is 5.69 Å². The van der Waals surface area contributed by atoms with Crippen molar-refractivity contribution in [2.75, 3.05) is 11.9 Å². The fourth-order valence-electron chi connectivity index (χ4n) is 1.63. The van der Waals surface area contributed by atoms with E-state index in [0.29, 0.717) is 11.3 Å². The Bertz CT molecular complexity index is 686. The highest BCUT2D eigenvalue weighted by Crippen LogP contribution is 2.14. The van der Waals surface area contributed by atoms with Crippen LogP contribution >= 0.6 is 0 Å². The number of carbonyl (C=O) groups excluding carboxylic acids is 1. The van der Waals surface area contributed by atoms with Gasteiger partial charge >= 0.3 is 0 Å². The highest BCUT2D eigenvalue weighted by molar-refractivity contribution is 6.04. The van der Waals surface area contributed by atoms with Crippen molar-refractivity contribution >= 4 is 11.6 Å². The molecule has 100 valence electrons. The van der Waals surface area contributed by atoms with Gasteiger partial charge in [-0.3, -0.25) is 9.78 Å². The number of nitrogens with zero attached hydrogens (tertiary/aromatic N) is 2. The van der Waals surface area contributed by atoms with Crippen molar-refractivity contribution in [2.24, 2.45) is 5.73 Å². The molecule has 0 bridgehead atoms. The predicted molar refractivity (Wildman–Crippen MR) is 77.1 cm³/mol. The first-order valence-corrected chi connectivity index (χ1v) is 6.08. The van der Waals surface area contributed by atoms with Crippen LogP contribution in [0.4, 0.5) is 5.69 Å². The van der Waals surface area contributed by atoms with Gasteiger partial charge in [-0.1, -0.05) is 11.8 Å². The third kappa shape index (κ3) is 3.19. The lowest BCUT2D eigenvalue weighted by molar-refractivity contribution is 0.102. The number of nitrogens with two attached hydrogens (primary N) is 1. The van der Waals surface area contributed by atoms with Crippen LogP contribution in [0.15, 0.2) is 36.8 Å². The maximum Gasteiger partial charge on any atom is 0.275 e. The van der Waals surface area contributed by atoms with Crippen LogP contribution in [0.1, 0.15) is 21.6 Å². The molecule has 0 radical (unpaired) electrons. The lowest BCUT2D eigenvalue weighted by Gasteiger charge is -2.08. The van der Waals surface area contributed by atoms with E-state index >= 15 is 0 Å². The molecule has 0 saturated heterocycles. The molecule has 0 atom stereocenters. The van der Waals surface area contributed by atoms with Crippen LogP contribution in [0.3, 0.4) is 0 Å². The SMILES string of the molecule is Cc1cnccc1NC(=O)c1ncccc1C#CCN. The Hall–Kier alpha value is -2.71. The summed E-state index contributed by atoms with van der Waals surface area (Å²) in [5, 5.41) is 2.80. The lowest BCUT2D eigenvalue weighted by atomic mass is 10.1. The number of carbonyl (C=O) groups is 1. The normalized spacial score (nSPS) is 9.50. The molecular weight excluding hydrogens is 252 g/mol. The van der Waals surface area contributed by atoms with Crippen LogP contribution in [0.5, 0.6) is 0 Å². The number of aromatic nitrogens is 2. The third-order valence-electron chi connectivity index (χ3n) is 2.62. The van der Waals surface area contributed by atoms with Crippen molar-refractivity contribution in [1.82, 2.24) is 9.97 Å². The summed E-state index contributed by atoms with van der Waals surface area (Å²) in [5.74, 6) is 5.26. The fourth-order valence-corrected chi connectivity index (χ4v) is 1.63. The van der Waals surface area contributed by atoms with E-state index in [1.807, 2.05) is 6.92 Å². The van der Waals surface area contributed by atoms with E-state index < -0.39 is 0 Å². The molecular formula is C15H14N4O. The molecule has 5 nitrogen and oxygen atoms in total. The van der Waals surface area contributed by atoms with Gasteiger partial charge in [-0.15, -0.1) is 0 Å². The molecule has 2 aromatic heterocycles. The molecule has 1 amide bonds. The molecule has 2 aromatic rings. The number of anilines is 1. The maximum atomic E-state index is 12.3. The average molecular weight is 266 g/mol. The Labute approximate surface area is 117 Å². The number of nitrogens with one attached hydrogen (secondary N) is 1. The summed E-state index contributed by atoms with van der Waals surface area (Å²) in [6.45, 7) is 2.11. The molecule has 0 aliphatic rings. The van der Waals surface area contributed by atoms with Crippen molar-refractivity contribution in [2.45, 2.75) is 6.92 Å². The van der Waals surface area contributed by atoms with Crippen LogP contribution in [0.2, 0.25) is 0 Å². The largest absolute Gasteiger partial charge is 0.320 e. The van der Waals surface area contributed by atoms with Gasteiger partial charge in [-0.2, -0.15) is 0 Å². The minimum absolute atomic E-state index is 0.236. The van der Waals surface area contributed by atoms with Gasteiger partial charge in [0.05, 0.1) is 12.1 Å². The summed E-state index contributed by atoms with van der Waals surface area (Å²) in [7, 11) is 0. The zero-order valence-electron chi connectivity index (χ0n) is 11.1. The Kier molecular flexibility index (Phi) is 4.43. The zero-order valence-corrected chi connectivity index (χ0v) is 11.1. The van der Waals surface area contributed by atoms with E-state index in [1.54, 1.807) is 36.8 Å². The van der Waals surface area contributed by atoms with Gasteiger partial charge in [0.25, 0.3) is 5.91 Å². The molecule has 0 aromatic carbocycles. The van der Waals surface area contributed by atoms with E-state index in [2.05, 4.69) is 27.1 Å². The Morgan fingerprint density at radius 1 is 1.40 bits per heavy atom. The second-order valence-electron chi connectivity index (χ2n) is 4.05. The highest BCUT2D eigenvalue weighted by atomic mass is 16.1. The number of pyridine rings is 2. The predicted octanol–water partition coefficient (Wildman–Crippen LogP) is 1.35. The van der Waals surface area contributed by atoms with Gasteiger partial charge in [0.2, 0.25) is 0 Å². The second-order valence-corrected chi connectivity index (χ2v) is 4.05. The molecule has 0 spiro atoms. The second kappa shape index (κ2) is 6.45. The van der Waals surface area contributed by atoms with E-state index in [0.717, 1.165) is 5.56 Å². The molecule has 5 heteroatoms. The quantitative estimate of drug-likeness (QED) is 0.804. The topological polar surface area (TPSA) is 80.9 Å². The van der Waals surface area contributed by atoms with E-state index in [9.17, 15) is 4.79 Å². The molecule has 0 aliphatic heterocycles. The van der Waals surface area contributed by atoms with Crippen molar-refractivity contribution < 1.29 is 4.79 Å². The number of rotatable bonds is 2. The summed E-state index contributed by atoms with van der Waals surface area (Å²) in [6, 6.07) is 5.21. The van der Waals surface area contributed by atoms with Crippen molar-refractivity contribution in [1.29, 1.82) is 0 Å². The Morgan fingerprint density at radius 2 is 2.25 bits per heavy atom. The first-order chi connectivity index (χ1) is 9.72. The number of hydrogen-bond acceptors (Lipinski definition) is 4. The molecule has 3 N–H and O–H groups in total. The van der Waals surface area contributed by atoms with E-state index in [1.165, 1.54) is 0 Å². The first-order valence-electron chi connectivity index (χ1n) is 6.08. The summed E-state index contributed by atoms with van der Waals surface area (Å²) >= 11 is 0. The summed E-state index contributed by atoms with van der Waals surface area (Å²) in [6.07, 6.45) is 4.86. The van der Waals surface area contributed by atoms with Crippen molar-refractivity contribution in [3.8, 4) is 11.8 Å². The lowest BCUT2D eigenvalue weighted by Crippen LogP contribution is -2.16. The smallest absolute Gasteiger partial charge is 0.275 e. The number of hydrogen-bond donors (Lipinski definition) is 2. The minimum atomic E-state index is -0.304. The van der Waals surface area contributed by atoms with Crippen LogP contribution in [0, 0.1) is 18.8 Å². The number of amides is 1. The van der Waals surface area contributed by atoms with Gasteiger partial charge < -0.3 is 11.1 Å². The molecule has 20 heavy (non-hydrogen) atoms. The molecule has 0 unspecified atom stereocenters. The third-order valence-corrected chi connectivity index (χ3v) is 2.62. The average Bonchev–Trinajstić information content (AvgIpc) is 2.47. The summed E-state index contributed by atoms with van der Waals surface area (Å²) in [4.78, 5) is 20.3. The van der Waals surface area contributed by atoms with Crippen LogP contribution in [-0.4, -0.2) is 22.4 Å². The van der Waals surface area contributed by atoms with Gasteiger partial charge in [-0.25, -0.2) is 4.98 Å². The maximum absolute atomic E-state index is 12.3. The Balaban J connectivity index is 2.28. The van der Waals surface area contributed by atoms with Crippen LogP contribution < -0.4 is 11.1 Å².